The number of hydrogen-bond donors (Lipinski definition) is 1. The lowest BCUT2D eigenvalue weighted by Gasteiger charge is -2.48. The first-order valence-electron chi connectivity index (χ1n) is 7.60. The van der Waals surface area contributed by atoms with E-state index in [1.807, 2.05) is 31.2 Å². The van der Waals surface area contributed by atoms with Crippen molar-refractivity contribution in [1.82, 2.24) is 10.2 Å². The number of carbonyl (C=O) groups excluding carboxylic acids is 2. The minimum atomic E-state index is -0.251. The van der Waals surface area contributed by atoms with Crippen molar-refractivity contribution in [2.75, 3.05) is 20.1 Å². The Morgan fingerprint density at radius 2 is 2.05 bits per heavy atom. The molecule has 2 saturated heterocycles. The molecule has 0 aromatic heterocycles. The predicted octanol–water partition coefficient (Wildman–Crippen LogP) is 1.84. The van der Waals surface area contributed by atoms with E-state index < -0.39 is 0 Å². The highest BCUT2D eigenvalue weighted by atomic mass is 16.2. The molecule has 2 atom stereocenters. The molecule has 1 N–H and O–H groups in total. The molecule has 1 aromatic rings. The van der Waals surface area contributed by atoms with Gasteiger partial charge in [-0.2, -0.15) is 0 Å². The minimum absolute atomic E-state index is 0.125. The van der Waals surface area contributed by atoms with Gasteiger partial charge in [-0.05, 0) is 44.5 Å². The van der Waals surface area contributed by atoms with Gasteiger partial charge in [-0.25, -0.2) is 0 Å². The van der Waals surface area contributed by atoms with Crippen molar-refractivity contribution in [1.29, 1.82) is 0 Å². The maximum Gasteiger partial charge on any atom is 0.234 e. The number of rotatable bonds is 1. The van der Waals surface area contributed by atoms with E-state index in [0.29, 0.717) is 6.42 Å². The van der Waals surface area contributed by atoms with Crippen LogP contribution in [0.25, 0.3) is 0 Å². The Hall–Kier alpha value is -1.68. The number of hydrogen-bond acceptors (Lipinski definition) is 3. The Morgan fingerprint density at radius 3 is 2.76 bits per heavy atom. The number of nitrogens with one attached hydrogen (secondary N) is 1. The van der Waals surface area contributed by atoms with Crippen molar-refractivity contribution in [2.24, 2.45) is 5.41 Å². The van der Waals surface area contributed by atoms with Crippen LogP contribution in [0, 0.1) is 12.3 Å². The Labute approximate surface area is 125 Å². The lowest BCUT2D eigenvalue weighted by molar-refractivity contribution is -0.142. The van der Waals surface area contributed by atoms with Crippen LogP contribution in [0.3, 0.4) is 0 Å². The molecule has 21 heavy (non-hydrogen) atoms. The quantitative estimate of drug-likeness (QED) is 0.801. The van der Waals surface area contributed by atoms with Crippen molar-refractivity contribution in [3.63, 3.8) is 0 Å². The number of likely N-dealkylation sites (tertiary alicyclic amines) is 1. The Morgan fingerprint density at radius 1 is 1.29 bits per heavy atom. The van der Waals surface area contributed by atoms with Gasteiger partial charge in [-0.3, -0.25) is 14.9 Å². The molecule has 2 amide bonds. The molecule has 1 aromatic carbocycles. The summed E-state index contributed by atoms with van der Waals surface area (Å²) in [6.07, 6.45) is 2.43. The second kappa shape index (κ2) is 5.26. The van der Waals surface area contributed by atoms with Gasteiger partial charge >= 0.3 is 0 Å². The summed E-state index contributed by atoms with van der Waals surface area (Å²) in [5.74, 6) is -0.477. The van der Waals surface area contributed by atoms with E-state index in [4.69, 9.17) is 0 Å². The maximum atomic E-state index is 12.6. The normalized spacial score (nSPS) is 30.5. The summed E-state index contributed by atoms with van der Waals surface area (Å²) in [4.78, 5) is 26.8. The second-order valence-corrected chi connectivity index (χ2v) is 6.58. The van der Waals surface area contributed by atoms with Gasteiger partial charge in [0.25, 0.3) is 0 Å². The fraction of sp³-hybridized carbons (Fsp3) is 0.529. The lowest BCUT2D eigenvalue weighted by atomic mass is 9.62. The summed E-state index contributed by atoms with van der Waals surface area (Å²) in [7, 11) is 2.08. The third kappa shape index (κ3) is 2.48. The van der Waals surface area contributed by atoms with Gasteiger partial charge in [0, 0.05) is 18.4 Å². The molecule has 0 saturated carbocycles. The molecule has 0 bridgehead atoms. The topological polar surface area (TPSA) is 49.4 Å². The van der Waals surface area contributed by atoms with E-state index in [0.717, 1.165) is 37.1 Å². The molecule has 2 fully saturated rings. The van der Waals surface area contributed by atoms with Crippen LogP contribution in [-0.4, -0.2) is 36.9 Å². The van der Waals surface area contributed by atoms with Gasteiger partial charge in [0.2, 0.25) is 11.8 Å². The van der Waals surface area contributed by atoms with Crippen LogP contribution < -0.4 is 5.32 Å². The number of aryl methyl sites for hydroxylation is 1. The molecule has 1 spiro atoms. The molecule has 4 heteroatoms. The summed E-state index contributed by atoms with van der Waals surface area (Å²) in [5, 5.41) is 2.55. The standard InChI is InChI=1S/C17H22N2O2/c1-12-6-3-4-7-13(12)15-16(21)18-14(20)10-17(15)8-5-9-19(2)11-17/h3-4,6-7,15H,5,8-11H2,1-2H3,(H,18,20,21). The number of piperidine rings is 2. The molecule has 2 aliphatic heterocycles. The highest BCUT2D eigenvalue weighted by Gasteiger charge is 2.50. The first kappa shape index (κ1) is 14.3. The average Bonchev–Trinajstić information content (AvgIpc) is 2.39. The zero-order chi connectivity index (χ0) is 15.0. The molecule has 0 radical (unpaired) electrons. The molecule has 2 aliphatic rings. The van der Waals surface area contributed by atoms with Crippen molar-refractivity contribution in [2.45, 2.75) is 32.1 Å². The van der Waals surface area contributed by atoms with E-state index >= 15 is 0 Å². The zero-order valence-corrected chi connectivity index (χ0v) is 12.7. The lowest BCUT2D eigenvalue weighted by Crippen LogP contribution is -2.56. The van der Waals surface area contributed by atoms with Gasteiger partial charge in [-0.15, -0.1) is 0 Å². The molecule has 112 valence electrons. The van der Waals surface area contributed by atoms with Gasteiger partial charge < -0.3 is 4.90 Å². The summed E-state index contributed by atoms with van der Waals surface area (Å²) >= 11 is 0. The summed E-state index contributed by atoms with van der Waals surface area (Å²) in [6, 6.07) is 8.04. The third-order valence-electron chi connectivity index (χ3n) is 4.95. The molecule has 2 heterocycles. The molecule has 0 aliphatic carbocycles. The third-order valence-corrected chi connectivity index (χ3v) is 4.95. The van der Waals surface area contributed by atoms with Crippen LogP contribution in [0.1, 0.15) is 36.3 Å². The molecule has 2 unspecified atom stereocenters. The Balaban J connectivity index is 2.07. The van der Waals surface area contributed by atoms with Gasteiger partial charge in [-0.1, -0.05) is 24.3 Å². The van der Waals surface area contributed by atoms with E-state index in [1.54, 1.807) is 0 Å². The monoisotopic (exact) mass is 286 g/mol. The van der Waals surface area contributed by atoms with Crippen LogP contribution in [-0.2, 0) is 9.59 Å². The highest BCUT2D eigenvalue weighted by Crippen LogP contribution is 2.48. The second-order valence-electron chi connectivity index (χ2n) is 6.58. The maximum absolute atomic E-state index is 12.6. The van der Waals surface area contributed by atoms with Crippen molar-refractivity contribution < 1.29 is 9.59 Å². The van der Waals surface area contributed by atoms with Crippen LogP contribution in [0.5, 0.6) is 0 Å². The van der Waals surface area contributed by atoms with E-state index in [2.05, 4.69) is 17.3 Å². The van der Waals surface area contributed by atoms with E-state index in [-0.39, 0.29) is 23.1 Å². The van der Waals surface area contributed by atoms with Gasteiger partial charge in [0.1, 0.15) is 0 Å². The smallest absolute Gasteiger partial charge is 0.234 e. The summed E-state index contributed by atoms with van der Waals surface area (Å²) < 4.78 is 0. The number of amides is 2. The van der Waals surface area contributed by atoms with Crippen molar-refractivity contribution >= 4 is 11.8 Å². The van der Waals surface area contributed by atoms with Crippen LogP contribution in [0.4, 0.5) is 0 Å². The predicted molar refractivity (Wildman–Crippen MR) is 80.9 cm³/mol. The Kier molecular flexibility index (Phi) is 3.57. The van der Waals surface area contributed by atoms with E-state index in [9.17, 15) is 9.59 Å². The number of imide groups is 1. The van der Waals surface area contributed by atoms with E-state index in [1.165, 1.54) is 0 Å². The fourth-order valence-electron chi connectivity index (χ4n) is 4.11. The van der Waals surface area contributed by atoms with Gasteiger partial charge in [0.15, 0.2) is 0 Å². The average molecular weight is 286 g/mol. The van der Waals surface area contributed by atoms with Crippen LogP contribution in [0.15, 0.2) is 24.3 Å². The Bertz CT molecular complexity index is 584. The van der Waals surface area contributed by atoms with Crippen molar-refractivity contribution in [3.8, 4) is 0 Å². The minimum Gasteiger partial charge on any atom is -0.306 e. The number of carbonyl (C=O) groups is 2. The van der Waals surface area contributed by atoms with Crippen LogP contribution in [0.2, 0.25) is 0 Å². The summed E-state index contributed by atoms with van der Waals surface area (Å²) in [6.45, 7) is 3.89. The molecular formula is C17H22N2O2. The molecular weight excluding hydrogens is 264 g/mol. The largest absolute Gasteiger partial charge is 0.306 e. The molecule has 4 nitrogen and oxygen atoms in total. The summed E-state index contributed by atoms with van der Waals surface area (Å²) in [5.41, 5.74) is 1.94. The molecule has 3 rings (SSSR count). The van der Waals surface area contributed by atoms with Gasteiger partial charge in [0.05, 0.1) is 5.92 Å². The number of nitrogens with zero attached hydrogens (tertiary/aromatic N) is 1. The fourth-order valence-corrected chi connectivity index (χ4v) is 4.11. The number of benzene rings is 1. The van der Waals surface area contributed by atoms with Crippen molar-refractivity contribution in [3.05, 3.63) is 35.4 Å². The SMILES string of the molecule is Cc1ccccc1C1C(=O)NC(=O)CC12CCCN(C)C2. The van der Waals surface area contributed by atoms with Crippen LogP contribution >= 0.6 is 0 Å². The first-order chi connectivity index (χ1) is 10.0. The zero-order valence-electron chi connectivity index (χ0n) is 12.7. The highest BCUT2D eigenvalue weighted by molar-refractivity contribution is 6.02. The first-order valence-corrected chi connectivity index (χ1v) is 7.60.